The topological polar surface area (TPSA) is 93.2 Å². The summed E-state index contributed by atoms with van der Waals surface area (Å²) in [6.45, 7) is 4.76. The van der Waals surface area contributed by atoms with Crippen LogP contribution < -0.4 is 4.31 Å². The SMILES string of the molecule is CCC1CN(Cc2ccccc2N(C(=O)OCC(C)C)S(=O)(=O)C(F)(F)F)C(=O)O1. The number of rotatable bonds is 7. The van der Waals surface area contributed by atoms with Crippen molar-refractivity contribution in [2.75, 3.05) is 17.5 Å². The number of carbonyl (C=O) groups excluding carboxylic acids is 2. The molecule has 168 valence electrons. The number of halogens is 3. The Morgan fingerprint density at radius 2 is 1.97 bits per heavy atom. The lowest BCUT2D eigenvalue weighted by Crippen LogP contribution is -2.45. The molecule has 0 N–H and O–H groups in total. The summed E-state index contributed by atoms with van der Waals surface area (Å²) in [5.41, 5.74) is -6.27. The van der Waals surface area contributed by atoms with Crippen LogP contribution in [0.5, 0.6) is 0 Å². The van der Waals surface area contributed by atoms with Crippen molar-refractivity contribution in [3.63, 3.8) is 0 Å². The van der Waals surface area contributed by atoms with Crippen LogP contribution in [0.25, 0.3) is 0 Å². The molecule has 0 saturated carbocycles. The Labute approximate surface area is 172 Å². The van der Waals surface area contributed by atoms with Gasteiger partial charge in [-0.1, -0.05) is 39.0 Å². The average Bonchev–Trinajstić information content (AvgIpc) is 3.00. The molecule has 0 aromatic heterocycles. The molecule has 30 heavy (non-hydrogen) atoms. The van der Waals surface area contributed by atoms with E-state index in [9.17, 15) is 31.2 Å². The van der Waals surface area contributed by atoms with Crippen molar-refractivity contribution < 1.29 is 40.7 Å². The molecule has 12 heteroatoms. The predicted octanol–water partition coefficient (Wildman–Crippen LogP) is 3.87. The second-order valence-corrected chi connectivity index (χ2v) is 8.89. The summed E-state index contributed by atoms with van der Waals surface area (Å²) in [7, 11) is -6.10. The van der Waals surface area contributed by atoms with Gasteiger partial charge in [-0.05, 0) is 24.0 Å². The van der Waals surface area contributed by atoms with Gasteiger partial charge in [0, 0.05) is 0 Å². The van der Waals surface area contributed by atoms with Gasteiger partial charge in [0.05, 0.1) is 25.4 Å². The first-order chi connectivity index (χ1) is 13.9. The molecule has 1 aliphatic heterocycles. The highest BCUT2D eigenvalue weighted by atomic mass is 32.2. The molecule has 1 aliphatic rings. The zero-order valence-corrected chi connectivity index (χ0v) is 17.5. The Morgan fingerprint density at radius 3 is 2.50 bits per heavy atom. The van der Waals surface area contributed by atoms with Crippen LogP contribution in [-0.4, -0.2) is 50.3 Å². The first kappa shape index (κ1) is 23.8. The number of nitrogens with zero attached hydrogens (tertiary/aromatic N) is 2. The third-order valence-electron chi connectivity index (χ3n) is 4.22. The van der Waals surface area contributed by atoms with E-state index in [1.54, 1.807) is 20.8 Å². The van der Waals surface area contributed by atoms with Gasteiger partial charge in [-0.3, -0.25) is 0 Å². The monoisotopic (exact) mass is 452 g/mol. The van der Waals surface area contributed by atoms with Gasteiger partial charge in [0.25, 0.3) is 0 Å². The molecule has 1 aromatic carbocycles. The number of anilines is 1. The van der Waals surface area contributed by atoms with Crippen molar-refractivity contribution in [3.05, 3.63) is 29.8 Å². The zero-order valence-electron chi connectivity index (χ0n) is 16.7. The van der Waals surface area contributed by atoms with Gasteiger partial charge in [0.1, 0.15) is 6.10 Å². The molecule has 2 rings (SSSR count). The molecule has 0 spiro atoms. The second-order valence-electron chi connectivity index (χ2n) is 7.11. The highest BCUT2D eigenvalue weighted by Gasteiger charge is 2.53. The predicted molar refractivity (Wildman–Crippen MR) is 101 cm³/mol. The lowest BCUT2D eigenvalue weighted by molar-refractivity contribution is -0.0438. The fourth-order valence-electron chi connectivity index (χ4n) is 2.69. The zero-order chi connectivity index (χ0) is 22.7. The summed E-state index contributed by atoms with van der Waals surface area (Å²) in [5.74, 6) is -0.231. The molecule has 1 unspecified atom stereocenters. The second kappa shape index (κ2) is 9.11. The molecule has 1 heterocycles. The van der Waals surface area contributed by atoms with Gasteiger partial charge < -0.3 is 14.4 Å². The van der Waals surface area contributed by atoms with Crippen LogP contribution in [0.2, 0.25) is 0 Å². The maximum atomic E-state index is 13.3. The largest absolute Gasteiger partial charge is 0.517 e. The van der Waals surface area contributed by atoms with Crippen LogP contribution in [0, 0.1) is 5.92 Å². The summed E-state index contributed by atoms with van der Waals surface area (Å²) in [6, 6.07) is 5.12. The van der Waals surface area contributed by atoms with E-state index in [1.165, 1.54) is 23.1 Å². The Hall–Kier alpha value is -2.50. The normalized spacial score (nSPS) is 17.2. The van der Waals surface area contributed by atoms with Crippen LogP contribution >= 0.6 is 0 Å². The summed E-state index contributed by atoms with van der Waals surface area (Å²) < 4.78 is 73.8. The van der Waals surface area contributed by atoms with E-state index in [4.69, 9.17) is 9.47 Å². The molecule has 1 fully saturated rings. The molecule has 0 bridgehead atoms. The molecule has 0 radical (unpaired) electrons. The number of alkyl halides is 3. The van der Waals surface area contributed by atoms with Gasteiger partial charge in [-0.25, -0.2) is 9.59 Å². The maximum Gasteiger partial charge on any atom is 0.517 e. The summed E-state index contributed by atoms with van der Waals surface area (Å²) in [6.07, 6.45) is -2.19. The minimum atomic E-state index is -6.10. The maximum absolute atomic E-state index is 13.3. The van der Waals surface area contributed by atoms with Gasteiger partial charge in [-0.2, -0.15) is 25.9 Å². The number of hydrogen-bond donors (Lipinski definition) is 0. The number of carbonyl (C=O) groups is 2. The van der Waals surface area contributed by atoms with E-state index in [0.29, 0.717) is 6.42 Å². The quantitative estimate of drug-likeness (QED) is 0.624. The third-order valence-corrected chi connectivity index (χ3v) is 5.63. The number of sulfonamides is 1. The van der Waals surface area contributed by atoms with Gasteiger partial charge in [-0.15, -0.1) is 0 Å². The summed E-state index contributed by atoms with van der Waals surface area (Å²) >= 11 is 0. The third kappa shape index (κ3) is 5.15. The number of benzene rings is 1. The fraction of sp³-hybridized carbons (Fsp3) is 0.556. The van der Waals surface area contributed by atoms with E-state index in [1.807, 2.05) is 0 Å². The Morgan fingerprint density at radius 1 is 1.33 bits per heavy atom. The molecule has 2 amide bonds. The summed E-state index contributed by atoms with van der Waals surface area (Å²) in [5, 5.41) is 0. The van der Waals surface area contributed by atoms with E-state index >= 15 is 0 Å². The lowest BCUT2D eigenvalue weighted by Gasteiger charge is -2.26. The van der Waals surface area contributed by atoms with Crippen molar-refractivity contribution >= 4 is 27.9 Å². The van der Waals surface area contributed by atoms with Crippen molar-refractivity contribution in [2.24, 2.45) is 5.92 Å². The number of cyclic esters (lactones) is 1. The Kier molecular flexibility index (Phi) is 7.22. The van der Waals surface area contributed by atoms with Gasteiger partial charge in [0.15, 0.2) is 0 Å². The fourth-order valence-corrected chi connectivity index (χ4v) is 3.58. The van der Waals surface area contributed by atoms with Crippen molar-refractivity contribution in [2.45, 2.75) is 45.3 Å². The van der Waals surface area contributed by atoms with E-state index in [-0.39, 0.29) is 37.3 Å². The van der Waals surface area contributed by atoms with E-state index in [2.05, 4.69) is 0 Å². The Bertz CT molecular complexity index is 888. The first-order valence-electron chi connectivity index (χ1n) is 9.20. The standard InChI is InChI=1S/C18H23F3N2O6S/c1-4-14-10-22(16(24)29-14)9-13-7-5-6-8-15(13)23(17(25)28-11-12(2)3)30(26,27)18(19,20)21/h5-8,12,14H,4,9-11H2,1-3H3. The molecular weight excluding hydrogens is 429 g/mol. The number of hydrogen-bond acceptors (Lipinski definition) is 6. The number of amides is 2. The van der Waals surface area contributed by atoms with Gasteiger partial charge in [0.2, 0.25) is 0 Å². The lowest BCUT2D eigenvalue weighted by atomic mass is 10.1. The first-order valence-corrected chi connectivity index (χ1v) is 10.6. The molecular formula is C18H23F3N2O6S. The van der Waals surface area contributed by atoms with Crippen LogP contribution in [-0.2, 0) is 26.0 Å². The van der Waals surface area contributed by atoms with Crippen LogP contribution in [0.4, 0.5) is 28.4 Å². The molecule has 8 nitrogen and oxygen atoms in total. The highest BCUT2D eigenvalue weighted by Crippen LogP contribution is 2.34. The molecule has 1 atom stereocenters. The molecule has 1 saturated heterocycles. The van der Waals surface area contributed by atoms with Crippen LogP contribution in [0.1, 0.15) is 32.8 Å². The van der Waals surface area contributed by atoms with Crippen molar-refractivity contribution in [1.82, 2.24) is 4.90 Å². The summed E-state index contributed by atoms with van der Waals surface area (Å²) in [4.78, 5) is 25.6. The van der Waals surface area contributed by atoms with E-state index < -0.39 is 37.7 Å². The number of para-hydroxylation sites is 1. The van der Waals surface area contributed by atoms with Crippen LogP contribution in [0.3, 0.4) is 0 Å². The minimum absolute atomic E-state index is 0.0144. The smallest absolute Gasteiger partial charge is 0.448 e. The van der Waals surface area contributed by atoms with E-state index in [0.717, 1.165) is 6.07 Å². The van der Waals surface area contributed by atoms with Crippen molar-refractivity contribution in [3.8, 4) is 0 Å². The van der Waals surface area contributed by atoms with Crippen LogP contribution in [0.15, 0.2) is 24.3 Å². The number of ether oxygens (including phenoxy) is 2. The highest BCUT2D eigenvalue weighted by molar-refractivity contribution is 7.94. The Balaban J connectivity index is 2.47. The molecule has 1 aromatic rings. The van der Waals surface area contributed by atoms with Gasteiger partial charge >= 0.3 is 27.7 Å². The minimum Gasteiger partial charge on any atom is -0.448 e. The average molecular weight is 452 g/mol. The van der Waals surface area contributed by atoms with Crippen molar-refractivity contribution in [1.29, 1.82) is 0 Å². The molecule has 0 aliphatic carbocycles.